The summed E-state index contributed by atoms with van der Waals surface area (Å²) in [6.07, 6.45) is 1.69. The van der Waals surface area contributed by atoms with Gasteiger partial charge >= 0.3 is 5.97 Å². The number of likely N-dealkylation sites (N-methyl/N-ethyl adjacent to an activating group) is 1. The number of nitrogens with zero attached hydrogens (tertiary/aromatic N) is 3. The zero-order chi connectivity index (χ0) is 13.7. The maximum Gasteiger partial charge on any atom is 0.325 e. The summed E-state index contributed by atoms with van der Waals surface area (Å²) in [5.74, 6) is -0.231. The Hall–Kier alpha value is -2.17. The van der Waals surface area contributed by atoms with Gasteiger partial charge in [0, 0.05) is 11.9 Å². The van der Waals surface area contributed by atoms with Crippen LogP contribution in [0.4, 0.5) is 5.69 Å². The first-order valence-corrected chi connectivity index (χ1v) is 6.37. The SMILES string of the molecule is CCOC(=O)CN(CC)c1cnnc2ccccc12. The van der Waals surface area contributed by atoms with Gasteiger partial charge in [-0.2, -0.15) is 10.2 Å². The second-order valence-electron chi connectivity index (χ2n) is 4.07. The molecule has 0 fully saturated rings. The molecule has 1 aromatic heterocycles. The largest absolute Gasteiger partial charge is 0.465 e. The van der Waals surface area contributed by atoms with Crippen molar-refractivity contribution in [2.24, 2.45) is 0 Å². The number of anilines is 1. The Kier molecular flexibility index (Phi) is 4.28. The molecule has 0 spiro atoms. The van der Waals surface area contributed by atoms with Crippen LogP contribution >= 0.6 is 0 Å². The Balaban J connectivity index is 2.32. The van der Waals surface area contributed by atoms with Gasteiger partial charge in [0.25, 0.3) is 0 Å². The lowest BCUT2D eigenvalue weighted by Gasteiger charge is -2.22. The third-order valence-corrected chi connectivity index (χ3v) is 2.87. The molecule has 0 aliphatic carbocycles. The van der Waals surface area contributed by atoms with E-state index in [-0.39, 0.29) is 12.5 Å². The topological polar surface area (TPSA) is 55.3 Å². The predicted octanol–water partition coefficient (Wildman–Crippen LogP) is 2.02. The molecule has 0 bridgehead atoms. The Labute approximate surface area is 112 Å². The van der Waals surface area contributed by atoms with Crippen molar-refractivity contribution in [3.63, 3.8) is 0 Å². The minimum absolute atomic E-state index is 0.222. The number of esters is 1. The van der Waals surface area contributed by atoms with Crippen LogP contribution in [0.5, 0.6) is 0 Å². The van der Waals surface area contributed by atoms with Crippen LogP contribution < -0.4 is 4.90 Å². The fraction of sp³-hybridized carbons (Fsp3) is 0.357. The number of carbonyl (C=O) groups is 1. The van der Waals surface area contributed by atoms with Gasteiger partial charge in [0.1, 0.15) is 6.54 Å². The first-order valence-electron chi connectivity index (χ1n) is 6.37. The zero-order valence-electron chi connectivity index (χ0n) is 11.2. The Morgan fingerprint density at radius 1 is 1.32 bits per heavy atom. The first-order chi connectivity index (χ1) is 9.26. The predicted molar refractivity (Wildman–Crippen MR) is 74.1 cm³/mol. The van der Waals surface area contributed by atoms with E-state index in [0.717, 1.165) is 16.6 Å². The summed E-state index contributed by atoms with van der Waals surface area (Å²) >= 11 is 0. The molecule has 0 unspecified atom stereocenters. The molecule has 0 amide bonds. The van der Waals surface area contributed by atoms with Crippen LogP contribution in [0.1, 0.15) is 13.8 Å². The molecule has 0 aliphatic rings. The number of aromatic nitrogens is 2. The summed E-state index contributed by atoms with van der Waals surface area (Å²) in [5.41, 5.74) is 1.73. The van der Waals surface area contributed by atoms with Gasteiger partial charge in [-0.3, -0.25) is 4.79 Å². The molecule has 0 radical (unpaired) electrons. The summed E-state index contributed by atoms with van der Waals surface area (Å²) in [5, 5.41) is 9.06. The first kappa shape index (κ1) is 13.3. The van der Waals surface area contributed by atoms with Crippen molar-refractivity contribution in [3.05, 3.63) is 30.5 Å². The maximum atomic E-state index is 11.6. The number of carbonyl (C=O) groups excluding carboxylic acids is 1. The summed E-state index contributed by atoms with van der Waals surface area (Å²) in [4.78, 5) is 13.6. The molecule has 2 rings (SSSR count). The third kappa shape index (κ3) is 2.99. The molecule has 0 N–H and O–H groups in total. The van der Waals surface area contributed by atoms with Gasteiger partial charge in [0.2, 0.25) is 0 Å². The average Bonchev–Trinajstić information content (AvgIpc) is 2.44. The lowest BCUT2D eigenvalue weighted by atomic mass is 10.2. The number of fused-ring (bicyclic) bond motifs is 1. The zero-order valence-corrected chi connectivity index (χ0v) is 11.2. The fourth-order valence-corrected chi connectivity index (χ4v) is 1.97. The number of rotatable bonds is 5. The summed E-state index contributed by atoms with van der Waals surface area (Å²) in [6.45, 7) is 5.12. The van der Waals surface area contributed by atoms with E-state index >= 15 is 0 Å². The number of hydrogen-bond acceptors (Lipinski definition) is 5. The molecular weight excluding hydrogens is 242 g/mol. The molecule has 0 atom stereocenters. The van der Waals surface area contributed by atoms with Crippen LogP contribution in [0.2, 0.25) is 0 Å². The van der Waals surface area contributed by atoms with Crippen molar-refractivity contribution >= 4 is 22.6 Å². The van der Waals surface area contributed by atoms with Crippen LogP contribution in [-0.4, -0.2) is 35.9 Å². The Morgan fingerprint density at radius 2 is 2.11 bits per heavy atom. The number of benzene rings is 1. The monoisotopic (exact) mass is 259 g/mol. The summed E-state index contributed by atoms with van der Waals surface area (Å²) < 4.78 is 4.99. The van der Waals surface area contributed by atoms with Gasteiger partial charge in [-0.1, -0.05) is 18.2 Å². The van der Waals surface area contributed by atoms with Crippen molar-refractivity contribution in [2.75, 3.05) is 24.6 Å². The molecule has 1 aromatic carbocycles. The normalized spacial score (nSPS) is 10.4. The maximum absolute atomic E-state index is 11.6. The second kappa shape index (κ2) is 6.13. The molecule has 2 aromatic rings. The molecule has 5 heteroatoms. The van der Waals surface area contributed by atoms with E-state index in [1.54, 1.807) is 13.1 Å². The van der Waals surface area contributed by atoms with Crippen LogP contribution in [0.15, 0.2) is 30.5 Å². The lowest BCUT2D eigenvalue weighted by molar-refractivity contribution is -0.141. The Bertz CT molecular complexity index is 566. The van der Waals surface area contributed by atoms with E-state index in [1.165, 1.54) is 0 Å². The molecule has 1 heterocycles. The number of ether oxygens (including phenoxy) is 1. The van der Waals surface area contributed by atoms with Crippen molar-refractivity contribution < 1.29 is 9.53 Å². The van der Waals surface area contributed by atoms with Gasteiger partial charge in [0.15, 0.2) is 0 Å². The smallest absolute Gasteiger partial charge is 0.325 e. The van der Waals surface area contributed by atoms with Gasteiger partial charge in [0.05, 0.1) is 24.0 Å². The standard InChI is InChI=1S/C14H17N3O2/c1-3-17(10-14(18)19-4-2)13-9-15-16-12-8-6-5-7-11(12)13/h5-9H,3-4,10H2,1-2H3. The van der Waals surface area contributed by atoms with E-state index in [4.69, 9.17) is 4.74 Å². The van der Waals surface area contributed by atoms with Crippen LogP contribution in [0.3, 0.4) is 0 Å². The van der Waals surface area contributed by atoms with Crippen LogP contribution in [0.25, 0.3) is 10.9 Å². The summed E-state index contributed by atoms with van der Waals surface area (Å²) in [7, 11) is 0. The minimum Gasteiger partial charge on any atom is -0.465 e. The molecule has 0 saturated carbocycles. The molecule has 19 heavy (non-hydrogen) atoms. The Morgan fingerprint density at radius 3 is 2.84 bits per heavy atom. The van der Waals surface area contributed by atoms with Gasteiger partial charge in [-0.25, -0.2) is 0 Å². The highest BCUT2D eigenvalue weighted by Gasteiger charge is 2.13. The van der Waals surface area contributed by atoms with E-state index in [1.807, 2.05) is 36.1 Å². The highest BCUT2D eigenvalue weighted by Crippen LogP contribution is 2.23. The van der Waals surface area contributed by atoms with E-state index in [2.05, 4.69) is 10.2 Å². The quantitative estimate of drug-likeness (QED) is 0.769. The van der Waals surface area contributed by atoms with Crippen molar-refractivity contribution in [1.29, 1.82) is 0 Å². The van der Waals surface area contributed by atoms with Gasteiger partial charge < -0.3 is 9.64 Å². The molecule has 0 saturated heterocycles. The average molecular weight is 259 g/mol. The summed E-state index contributed by atoms with van der Waals surface area (Å²) in [6, 6.07) is 7.76. The highest BCUT2D eigenvalue weighted by atomic mass is 16.5. The van der Waals surface area contributed by atoms with Crippen LogP contribution in [0, 0.1) is 0 Å². The fourth-order valence-electron chi connectivity index (χ4n) is 1.97. The van der Waals surface area contributed by atoms with Gasteiger partial charge in [-0.05, 0) is 19.9 Å². The van der Waals surface area contributed by atoms with E-state index in [9.17, 15) is 4.79 Å². The van der Waals surface area contributed by atoms with Gasteiger partial charge in [-0.15, -0.1) is 0 Å². The highest BCUT2D eigenvalue weighted by molar-refractivity contribution is 5.92. The molecule has 0 aliphatic heterocycles. The van der Waals surface area contributed by atoms with Crippen molar-refractivity contribution in [1.82, 2.24) is 10.2 Å². The second-order valence-corrected chi connectivity index (χ2v) is 4.07. The molecule has 5 nitrogen and oxygen atoms in total. The molecule has 100 valence electrons. The molecular formula is C14H17N3O2. The van der Waals surface area contributed by atoms with Crippen molar-refractivity contribution in [3.8, 4) is 0 Å². The number of hydrogen-bond donors (Lipinski definition) is 0. The minimum atomic E-state index is -0.231. The van der Waals surface area contributed by atoms with E-state index < -0.39 is 0 Å². The van der Waals surface area contributed by atoms with Crippen LogP contribution in [-0.2, 0) is 9.53 Å². The third-order valence-electron chi connectivity index (χ3n) is 2.87. The van der Waals surface area contributed by atoms with E-state index in [0.29, 0.717) is 13.2 Å². The van der Waals surface area contributed by atoms with Crippen molar-refractivity contribution in [2.45, 2.75) is 13.8 Å². The lowest BCUT2D eigenvalue weighted by Crippen LogP contribution is -2.31.